The van der Waals surface area contributed by atoms with Gasteiger partial charge in [0, 0.05) is 19.3 Å². The summed E-state index contributed by atoms with van der Waals surface area (Å²) in [4.78, 5) is 15.0. The first-order chi connectivity index (χ1) is 13.2. The summed E-state index contributed by atoms with van der Waals surface area (Å²) >= 11 is 0. The van der Waals surface area contributed by atoms with Crippen molar-refractivity contribution >= 4 is 18.3 Å². The summed E-state index contributed by atoms with van der Waals surface area (Å²) in [5, 5.41) is 11.0. The van der Waals surface area contributed by atoms with Crippen LogP contribution in [0.2, 0.25) is 0 Å². The first-order valence-electron chi connectivity index (χ1n) is 10.0. The van der Waals surface area contributed by atoms with Gasteiger partial charge in [-0.25, -0.2) is 0 Å². The van der Waals surface area contributed by atoms with Gasteiger partial charge in [-0.15, -0.1) is 12.4 Å². The van der Waals surface area contributed by atoms with Crippen molar-refractivity contribution in [1.82, 2.24) is 25.3 Å². The first kappa shape index (κ1) is 20.9. The number of hydrogen-bond acceptors (Lipinski definition) is 5. The van der Waals surface area contributed by atoms with Gasteiger partial charge >= 0.3 is 0 Å². The minimum atomic E-state index is -0.120. The molecule has 2 aromatic rings. The molecule has 0 bridgehead atoms. The van der Waals surface area contributed by atoms with Crippen molar-refractivity contribution in [3.8, 4) is 0 Å². The van der Waals surface area contributed by atoms with Gasteiger partial charge in [0.25, 0.3) is 5.91 Å². The lowest BCUT2D eigenvalue weighted by atomic mass is 10.1. The molecule has 2 aliphatic heterocycles. The molecular weight excluding hydrogens is 378 g/mol. The Hall–Kier alpha value is -1.83. The summed E-state index contributed by atoms with van der Waals surface area (Å²) in [7, 11) is 0. The van der Waals surface area contributed by atoms with Gasteiger partial charge in [-0.1, -0.05) is 0 Å². The lowest BCUT2D eigenvalue weighted by Crippen LogP contribution is -2.37. The van der Waals surface area contributed by atoms with Crippen LogP contribution in [0.4, 0.5) is 0 Å². The van der Waals surface area contributed by atoms with Gasteiger partial charge < -0.3 is 15.1 Å². The quantitative estimate of drug-likeness (QED) is 0.770. The van der Waals surface area contributed by atoms with E-state index in [1.54, 1.807) is 0 Å². The smallest absolute Gasteiger partial charge is 0.271 e. The Morgan fingerprint density at radius 3 is 2.82 bits per heavy atom. The van der Waals surface area contributed by atoms with Crippen LogP contribution in [0, 0.1) is 6.92 Å². The average Bonchev–Trinajstić information content (AvgIpc) is 3.45. The van der Waals surface area contributed by atoms with Crippen molar-refractivity contribution in [2.75, 3.05) is 32.7 Å². The van der Waals surface area contributed by atoms with Crippen molar-refractivity contribution in [2.45, 2.75) is 44.7 Å². The molecule has 154 valence electrons. The predicted octanol–water partition coefficient (Wildman–Crippen LogP) is 2.70. The minimum Gasteiger partial charge on any atom is -0.465 e. The summed E-state index contributed by atoms with van der Waals surface area (Å²) < 4.78 is 7.79. The fourth-order valence-electron chi connectivity index (χ4n) is 4.10. The van der Waals surface area contributed by atoms with Crippen LogP contribution in [0.15, 0.2) is 28.8 Å². The molecular formula is C20H30ClN5O2. The number of halogens is 1. The van der Waals surface area contributed by atoms with Crippen molar-refractivity contribution in [3.63, 3.8) is 0 Å². The molecule has 2 aromatic heterocycles. The first-order valence-corrected chi connectivity index (χ1v) is 10.0. The second kappa shape index (κ2) is 9.58. The van der Waals surface area contributed by atoms with Crippen LogP contribution in [0.25, 0.3) is 0 Å². The van der Waals surface area contributed by atoms with Crippen LogP contribution < -0.4 is 10.6 Å². The molecule has 2 atom stereocenters. The van der Waals surface area contributed by atoms with Crippen molar-refractivity contribution < 1.29 is 9.21 Å². The highest BCUT2D eigenvalue weighted by molar-refractivity contribution is 5.92. The zero-order valence-corrected chi connectivity index (χ0v) is 17.2. The zero-order valence-electron chi connectivity index (χ0n) is 16.4. The monoisotopic (exact) mass is 407 g/mol. The van der Waals surface area contributed by atoms with E-state index in [1.807, 2.05) is 36.0 Å². The van der Waals surface area contributed by atoms with Crippen molar-refractivity contribution in [3.05, 3.63) is 41.6 Å². The Balaban J connectivity index is 0.00000225. The number of furan rings is 1. The number of rotatable bonds is 6. The summed E-state index contributed by atoms with van der Waals surface area (Å²) in [6.45, 7) is 6.56. The fourth-order valence-corrected chi connectivity index (χ4v) is 4.10. The van der Waals surface area contributed by atoms with Crippen LogP contribution >= 0.6 is 12.4 Å². The number of amides is 1. The second-order valence-electron chi connectivity index (χ2n) is 7.60. The maximum atomic E-state index is 12.6. The highest BCUT2D eigenvalue weighted by Crippen LogP contribution is 2.26. The van der Waals surface area contributed by atoms with E-state index < -0.39 is 0 Å². The third-order valence-electron chi connectivity index (χ3n) is 5.61. The largest absolute Gasteiger partial charge is 0.465 e. The lowest BCUT2D eigenvalue weighted by molar-refractivity contribution is 0.0927. The minimum absolute atomic E-state index is 0. The molecule has 0 saturated carbocycles. The van der Waals surface area contributed by atoms with Gasteiger partial charge in [0.2, 0.25) is 0 Å². The average molecular weight is 408 g/mol. The summed E-state index contributed by atoms with van der Waals surface area (Å²) in [5.74, 6) is 1.71. The Morgan fingerprint density at radius 1 is 1.32 bits per heavy atom. The Morgan fingerprint density at radius 2 is 2.14 bits per heavy atom. The van der Waals surface area contributed by atoms with Crippen LogP contribution in [0.3, 0.4) is 0 Å². The van der Waals surface area contributed by atoms with Gasteiger partial charge in [-0.3, -0.25) is 14.4 Å². The molecule has 28 heavy (non-hydrogen) atoms. The number of nitrogens with one attached hydrogen (secondary N) is 2. The summed E-state index contributed by atoms with van der Waals surface area (Å²) in [6.07, 6.45) is 6.56. The molecule has 0 spiro atoms. The van der Waals surface area contributed by atoms with Gasteiger partial charge in [-0.2, -0.15) is 5.10 Å². The van der Waals surface area contributed by atoms with Gasteiger partial charge in [0.15, 0.2) is 0 Å². The van der Waals surface area contributed by atoms with E-state index in [1.165, 1.54) is 12.8 Å². The Bertz CT molecular complexity index is 762. The third kappa shape index (κ3) is 4.77. The molecule has 0 radical (unpaired) electrons. The molecule has 2 saturated heterocycles. The number of piperidine rings is 1. The molecule has 2 unspecified atom stereocenters. The third-order valence-corrected chi connectivity index (χ3v) is 5.61. The number of aromatic nitrogens is 2. The van der Waals surface area contributed by atoms with E-state index in [0.717, 1.165) is 50.5 Å². The molecule has 2 aliphatic rings. The molecule has 0 aromatic carbocycles. The molecule has 2 N–H and O–H groups in total. The maximum absolute atomic E-state index is 12.6. The number of carbonyl (C=O) groups is 1. The number of nitrogens with zero attached hydrogens (tertiary/aromatic N) is 3. The van der Waals surface area contributed by atoms with E-state index >= 15 is 0 Å². The highest BCUT2D eigenvalue weighted by atomic mass is 35.5. The van der Waals surface area contributed by atoms with Gasteiger partial charge in [0.1, 0.15) is 17.2 Å². The van der Waals surface area contributed by atoms with Gasteiger partial charge in [0.05, 0.1) is 12.1 Å². The molecule has 4 heterocycles. The summed E-state index contributed by atoms with van der Waals surface area (Å²) in [5.41, 5.74) is 0.483. The second-order valence-corrected chi connectivity index (χ2v) is 7.60. The zero-order chi connectivity index (χ0) is 18.6. The Labute approximate surface area is 172 Å². The normalized spacial score (nSPS) is 21.2. The van der Waals surface area contributed by atoms with Crippen molar-refractivity contribution in [2.24, 2.45) is 0 Å². The lowest BCUT2D eigenvalue weighted by Gasteiger charge is -2.26. The van der Waals surface area contributed by atoms with E-state index in [9.17, 15) is 4.79 Å². The van der Waals surface area contributed by atoms with Crippen LogP contribution in [-0.2, 0) is 0 Å². The molecule has 4 rings (SSSR count). The molecule has 2 fully saturated rings. The van der Waals surface area contributed by atoms with E-state index in [2.05, 4.69) is 20.6 Å². The van der Waals surface area contributed by atoms with E-state index in [4.69, 9.17) is 4.42 Å². The number of hydrogen-bond donors (Lipinski definition) is 2. The fraction of sp³-hybridized carbons (Fsp3) is 0.600. The number of likely N-dealkylation sites (tertiary alicyclic amines) is 1. The van der Waals surface area contributed by atoms with Crippen LogP contribution in [-0.4, -0.2) is 53.3 Å². The van der Waals surface area contributed by atoms with E-state index in [-0.39, 0.29) is 24.4 Å². The SMILES string of the molecule is Cc1ccc(C(CNC(=O)c2ccn(C3CCCNC3)n2)N2CCCC2)o1.Cl. The van der Waals surface area contributed by atoms with Crippen LogP contribution in [0.5, 0.6) is 0 Å². The predicted molar refractivity (Wildman–Crippen MR) is 110 cm³/mol. The molecule has 7 nitrogen and oxygen atoms in total. The van der Waals surface area contributed by atoms with Gasteiger partial charge in [-0.05, 0) is 70.4 Å². The molecule has 0 aliphatic carbocycles. The molecule has 8 heteroatoms. The summed E-state index contributed by atoms with van der Waals surface area (Å²) in [6, 6.07) is 6.24. The van der Waals surface area contributed by atoms with E-state index in [0.29, 0.717) is 18.3 Å². The standard InChI is InChI=1S/C20H29N5O2.ClH/c1-15-6-7-19(27-15)18(24-10-2-3-11-24)14-22-20(26)17-8-12-25(23-17)16-5-4-9-21-13-16;/h6-8,12,16,18,21H,2-5,9-11,13-14H2,1H3,(H,22,26);1H. The maximum Gasteiger partial charge on any atom is 0.271 e. The Kier molecular flexibility index (Phi) is 7.15. The molecule has 1 amide bonds. The van der Waals surface area contributed by atoms with Crippen molar-refractivity contribution in [1.29, 1.82) is 0 Å². The number of carbonyl (C=O) groups excluding carboxylic acids is 1. The number of aryl methyl sites for hydroxylation is 1. The van der Waals surface area contributed by atoms with Crippen LogP contribution in [0.1, 0.15) is 59.8 Å². The topological polar surface area (TPSA) is 75.3 Å². The highest BCUT2D eigenvalue weighted by Gasteiger charge is 2.27.